The minimum absolute atomic E-state index is 0.0217. The van der Waals surface area contributed by atoms with Crippen molar-refractivity contribution in [2.24, 2.45) is 5.41 Å². The van der Waals surface area contributed by atoms with Crippen LogP contribution in [0.1, 0.15) is 26.7 Å². The molecule has 18 heavy (non-hydrogen) atoms. The summed E-state index contributed by atoms with van der Waals surface area (Å²) in [6.07, 6.45) is 3.99. The van der Waals surface area contributed by atoms with Crippen LogP contribution in [0.25, 0.3) is 0 Å². The van der Waals surface area contributed by atoms with Gasteiger partial charge in [-0.05, 0) is 43.5 Å². The van der Waals surface area contributed by atoms with E-state index in [2.05, 4.69) is 29.0 Å². The van der Waals surface area contributed by atoms with E-state index in [9.17, 15) is 4.79 Å². The Bertz CT molecular complexity index is 393. The molecular weight excluding hydrogens is 226 g/mol. The molecule has 4 nitrogen and oxygen atoms in total. The largest absolute Gasteiger partial charge is 0.310 e. The Kier molecular flexibility index (Phi) is 3.97. The third kappa shape index (κ3) is 3.81. The summed E-state index contributed by atoms with van der Waals surface area (Å²) in [6.45, 7) is 7.05. The van der Waals surface area contributed by atoms with E-state index in [4.69, 9.17) is 0 Å². The second-order valence-electron chi connectivity index (χ2n) is 5.70. The number of nitrogens with zero attached hydrogens (tertiary/aromatic N) is 2. The molecule has 1 aromatic rings. The number of amides is 1. The highest BCUT2D eigenvalue weighted by Gasteiger charge is 2.26. The van der Waals surface area contributed by atoms with Crippen molar-refractivity contribution in [3.8, 4) is 0 Å². The number of aromatic nitrogens is 1. The Hall–Kier alpha value is -1.42. The summed E-state index contributed by atoms with van der Waals surface area (Å²) >= 11 is 0. The predicted octanol–water partition coefficient (Wildman–Crippen LogP) is 2.14. The molecular formula is C14H21N3O. The smallest absolute Gasteiger partial charge is 0.239 e. The molecule has 1 amide bonds. The van der Waals surface area contributed by atoms with Crippen LogP contribution in [-0.4, -0.2) is 35.4 Å². The monoisotopic (exact) mass is 247 g/mol. The highest BCUT2D eigenvalue weighted by molar-refractivity contribution is 5.91. The van der Waals surface area contributed by atoms with Gasteiger partial charge in [-0.25, -0.2) is 4.98 Å². The van der Waals surface area contributed by atoms with Gasteiger partial charge >= 0.3 is 0 Å². The zero-order chi connectivity index (χ0) is 13.0. The first kappa shape index (κ1) is 13.0. The van der Waals surface area contributed by atoms with E-state index in [1.54, 1.807) is 12.3 Å². The molecule has 2 heterocycles. The molecule has 1 fully saturated rings. The molecule has 0 aromatic carbocycles. The third-order valence-corrected chi connectivity index (χ3v) is 3.51. The minimum atomic E-state index is 0.0217. The van der Waals surface area contributed by atoms with Crippen LogP contribution in [0.15, 0.2) is 24.4 Å². The Labute approximate surface area is 108 Å². The molecule has 2 rings (SSSR count). The van der Waals surface area contributed by atoms with Gasteiger partial charge in [0.05, 0.1) is 6.54 Å². The zero-order valence-corrected chi connectivity index (χ0v) is 11.1. The fourth-order valence-corrected chi connectivity index (χ4v) is 2.14. The van der Waals surface area contributed by atoms with Crippen molar-refractivity contribution in [2.75, 3.05) is 25.0 Å². The molecule has 0 atom stereocenters. The van der Waals surface area contributed by atoms with E-state index < -0.39 is 0 Å². The number of likely N-dealkylation sites (tertiary alicyclic amines) is 1. The van der Waals surface area contributed by atoms with Crippen molar-refractivity contribution >= 4 is 11.7 Å². The maximum absolute atomic E-state index is 11.8. The minimum Gasteiger partial charge on any atom is -0.310 e. The van der Waals surface area contributed by atoms with Gasteiger partial charge in [-0.15, -0.1) is 0 Å². The molecule has 0 bridgehead atoms. The van der Waals surface area contributed by atoms with Crippen LogP contribution in [0.2, 0.25) is 0 Å². The number of hydrogen-bond donors (Lipinski definition) is 1. The van der Waals surface area contributed by atoms with Gasteiger partial charge in [0.1, 0.15) is 5.82 Å². The number of hydrogen-bond acceptors (Lipinski definition) is 3. The number of piperidine rings is 1. The predicted molar refractivity (Wildman–Crippen MR) is 72.3 cm³/mol. The van der Waals surface area contributed by atoms with Crippen molar-refractivity contribution in [1.29, 1.82) is 0 Å². The van der Waals surface area contributed by atoms with Gasteiger partial charge in [-0.1, -0.05) is 19.9 Å². The normalized spacial score (nSPS) is 19.4. The maximum Gasteiger partial charge on any atom is 0.239 e. The van der Waals surface area contributed by atoms with Crippen LogP contribution in [-0.2, 0) is 4.79 Å². The first-order valence-electron chi connectivity index (χ1n) is 6.48. The molecule has 98 valence electrons. The number of anilines is 1. The van der Waals surface area contributed by atoms with Gasteiger partial charge in [-0.3, -0.25) is 9.69 Å². The van der Waals surface area contributed by atoms with Gasteiger partial charge < -0.3 is 5.32 Å². The van der Waals surface area contributed by atoms with Crippen molar-refractivity contribution < 1.29 is 4.79 Å². The topological polar surface area (TPSA) is 45.2 Å². The molecule has 4 heteroatoms. The number of nitrogens with one attached hydrogen (secondary N) is 1. The fraction of sp³-hybridized carbons (Fsp3) is 0.571. The van der Waals surface area contributed by atoms with Gasteiger partial charge in [0.15, 0.2) is 0 Å². The Morgan fingerprint density at radius 1 is 1.39 bits per heavy atom. The molecule has 1 N–H and O–H groups in total. The summed E-state index contributed by atoms with van der Waals surface area (Å²) in [5.74, 6) is 0.647. The average molecular weight is 247 g/mol. The second kappa shape index (κ2) is 5.48. The van der Waals surface area contributed by atoms with Crippen molar-refractivity contribution in [3.63, 3.8) is 0 Å². The summed E-state index contributed by atoms with van der Waals surface area (Å²) < 4.78 is 0. The van der Waals surface area contributed by atoms with E-state index >= 15 is 0 Å². The summed E-state index contributed by atoms with van der Waals surface area (Å²) in [6, 6.07) is 5.51. The van der Waals surface area contributed by atoms with Crippen LogP contribution in [0, 0.1) is 5.41 Å². The van der Waals surface area contributed by atoms with Crippen molar-refractivity contribution in [3.05, 3.63) is 24.4 Å². The molecule has 1 saturated heterocycles. The fourth-order valence-electron chi connectivity index (χ4n) is 2.14. The number of carbonyl (C=O) groups excluding carboxylic acids is 1. The Morgan fingerprint density at radius 3 is 2.72 bits per heavy atom. The van der Waals surface area contributed by atoms with Gasteiger partial charge in [0.2, 0.25) is 5.91 Å². The molecule has 0 spiro atoms. The van der Waals surface area contributed by atoms with E-state index in [1.807, 2.05) is 12.1 Å². The Balaban J connectivity index is 1.79. The lowest BCUT2D eigenvalue weighted by Crippen LogP contribution is -2.41. The lowest BCUT2D eigenvalue weighted by Gasteiger charge is -2.36. The summed E-state index contributed by atoms with van der Waals surface area (Å²) in [4.78, 5) is 18.1. The molecule has 0 unspecified atom stereocenters. The second-order valence-corrected chi connectivity index (χ2v) is 5.70. The average Bonchev–Trinajstić information content (AvgIpc) is 2.33. The van der Waals surface area contributed by atoms with Crippen LogP contribution >= 0.6 is 0 Å². The highest BCUT2D eigenvalue weighted by Crippen LogP contribution is 2.29. The van der Waals surface area contributed by atoms with Crippen LogP contribution < -0.4 is 5.32 Å². The number of pyridine rings is 1. The SMILES string of the molecule is CC1(C)CCN(CC(=O)Nc2ccccn2)CC1. The summed E-state index contributed by atoms with van der Waals surface area (Å²) in [5.41, 5.74) is 0.425. The molecule has 1 aromatic heterocycles. The van der Waals surface area contributed by atoms with Crippen LogP contribution in [0.3, 0.4) is 0 Å². The standard InChI is InChI=1S/C14H21N3O/c1-14(2)6-9-17(10-7-14)11-13(18)16-12-5-3-4-8-15-12/h3-5,8H,6-7,9-11H2,1-2H3,(H,15,16,18). The van der Waals surface area contributed by atoms with E-state index in [1.165, 1.54) is 0 Å². The van der Waals surface area contributed by atoms with Crippen molar-refractivity contribution in [2.45, 2.75) is 26.7 Å². The highest BCUT2D eigenvalue weighted by atomic mass is 16.2. The quantitative estimate of drug-likeness (QED) is 0.890. The number of carbonyl (C=O) groups is 1. The maximum atomic E-state index is 11.8. The molecule has 1 aliphatic rings. The third-order valence-electron chi connectivity index (χ3n) is 3.51. The van der Waals surface area contributed by atoms with Gasteiger partial charge in [0.25, 0.3) is 0 Å². The van der Waals surface area contributed by atoms with Crippen molar-refractivity contribution in [1.82, 2.24) is 9.88 Å². The first-order chi connectivity index (χ1) is 8.55. The van der Waals surface area contributed by atoms with E-state index in [-0.39, 0.29) is 5.91 Å². The molecule has 0 radical (unpaired) electrons. The van der Waals surface area contributed by atoms with E-state index in [0.717, 1.165) is 25.9 Å². The molecule has 0 aliphatic carbocycles. The number of rotatable bonds is 3. The lowest BCUT2D eigenvalue weighted by atomic mass is 9.83. The summed E-state index contributed by atoms with van der Waals surface area (Å²) in [7, 11) is 0. The molecule has 0 saturated carbocycles. The lowest BCUT2D eigenvalue weighted by molar-refractivity contribution is -0.117. The Morgan fingerprint density at radius 2 is 2.11 bits per heavy atom. The van der Waals surface area contributed by atoms with E-state index in [0.29, 0.717) is 17.8 Å². The van der Waals surface area contributed by atoms with Crippen LogP contribution in [0.4, 0.5) is 5.82 Å². The first-order valence-corrected chi connectivity index (χ1v) is 6.48. The van der Waals surface area contributed by atoms with Gasteiger partial charge in [0, 0.05) is 6.20 Å². The van der Waals surface area contributed by atoms with Gasteiger partial charge in [-0.2, -0.15) is 0 Å². The molecule has 1 aliphatic heterocycles. The summed E-state index contributed by atoms with van der Waals surface area (Å²) in [5, 5.41) is 2.82. The zero-order valence-electron chi connectivity index (χ0n) is 11.1. The van der Waals surface area contributed by atoms with Crippen LogP contribution in [0.5, 0.6) is 0 Å².